The first-order valence-electron chi connectivity index (χ1n) is 17.5. The van der Waals surface area contributed by atoms with Crippen LogP contribution in [0.15, 0.2) is 35.9 Å². The summed E-state index contributed by atoms with van der Waals surface area (Å²) in [6.45, 7) is 19.0. The third-order valence-electron chi connectivity index (χ3n) is 14.7. The van der Waals surface area contributed by atoms with Gasteiger partial charge in [-0.2, -0.15) is 0 Å². The molecule has 1 aromatic rings. The number of rotatable bonds is 4. The van der Waals surface area contributed by atoms with E-state index >= 15 is 0 Å². The van der Waals surface area contributed by atoms with Crippen molar-refractivity contribution in [3.63, 3.8) is 0 Å². The minimum absolute atomic E-state index is 0.0684. The average Bonchev–Trinajstić information content (AvgIpc) is 2.94. The third kappa shape index (κ3) is 4.84. The zero-order valence-corrected chi connectivity index (χ0v) is 29.0. The summed E-state index contributed by atoms with van der Waals surface area (Å²) in [6, 6.07) is 4.50. The van der Waals surface area contributed by atoms with Crippen LogP contribution in [0, 0.1) is 50.2 Å². The highest BCUT2D eigenvalue weighted by atomic mass is 16.5. The molecule has 6 rings (SSSR count). The van der Waals surface area contributed by atoms with Crippen LogP contribution >= 0.6 is 0 Å². The highest BCUT2D eigenvalue weighted by Gasteiger charge is 2.68. The van der Waals surface area contributed by atoms with Gasteiger partial charge < -0.3 is 14.9 Å². The summed E-state index contributed by atoms with van der Waals surface area (Å²) in [5.41, 5.74) is 2.57. The number of carbonyl (C=O) groups excluding carboxylic acids is 2. The molecule has 4 saturated carbocycles. The number of carbonyl (C=O) groups is 2. The second-order valence-electron chi connectivity index (χ2n) is 17.8. The van der Waals surface area contributed by atoms with Crippen LogP contribution in [0.1, 0.15) is 125 Å². The number of ether oxygens (including phenoxy) is 1. The summed E-state index contributed by atoms with van der Waals surface area (Å²) >= 11 is 0. The first-order chi connectivity index (χ1) is 20.9. The van der Waals surface area contributed by atoms with Gasteiger partial charge in [-0.1, -0.05) is 66.2 Å². The fourth-order valence-corrected chi connectivity index (χ4v) is 12.3. The SMILES string of the molecule is CC(=O)[C@@]12CC=C3[C@]4(C)CC[C@H]5C(C)(C)[C@H](OC(=O)/C=C/c6ccc(O)c(O)c6)CC[C@]5(C)[C@H]4CC[C@@]3(C)[C@@H]1CC(C)(C)CC2. The Bertz CT molecular complexity index is 1450. The minimum atomic E-state index is -0.366. The standard InChI is InChI=1S/C40H56O5/c1-25(41)40-20-15-31-38(7)17-13-29-36(4,5)33(45-34(44)12-10-26-9-11-27(42)28(43)23-26)16-19-37(29,6)30(38)14-18-39(31,8)32(40)24-35(2,3)21-22-40/h9-12,15,23,29-30,32-33,42-43H,13-14,16-22,24H2,1-8H3/b12-10+/t29-,30+,32-,33+,37-,38+,39+,40-/m0/s1. The fraction of sp³-hybridized carbons (Fsp3) is 0.700. The molecule has 0 spiro atoms. The third-order valence-corrected chi connectivity index (χ3v) is 14.7. The Morgan fingerprint density at radius 3 is 2.16 bits per heavy atom. The van der Waals surface area contributed by atoms with Crippen molar-refractivity contribution >= 4 is 17.8 Å². The number of esters is 1. The lowest BCUT2D eigenvalue weighted by Gasteiger charge is -2.70. The summed E-state index contributed by atoms with van der Waals surface area (Å²) in [6.07, 6.45) is 16.2. The zero-order chi connectivity index (χ0) is 32.8. The molecular formula is C40H56O5. The number of benzene rings is 1. The molecule has 0 bridgehead atoms. The smallest absolute Gasteiger partial charge is 0.331 e. The summed E-state index contributed by atoms with van der Waals surface area (Å²) in [4.78, 5) is 26.4. The molecule has 8 atom stereocenters. The predicted molar refractivity (Wildman–Crippen MR) is 178 cm³/mol. The van der Waals surface area contributed by atoms with Gasteiger partial charge in [0.25, 0.3) is 0 Å². The number of phenols is 2. The fourth-order valence-electron chi connectivity index (χ4n) is 12.3. The van der Waals surface area contributed by atoms with Gasteiger partial charge in [-0.25, -0.2) is 4.79 Å². The van der Waals surface area contributed by atoms with E-state index in [1.807, 2.05) is 6.92 Å². The number of fused-ring (bicyclic) bond motifs is 7. The molecular weight excluding hydrogens is 560 g/mol. The summed E-state index contributed by atoms with van der Waals surface area (Å²) in [5, 5.41) is 19.4. The van der Waals surface area contributed by atoms with Crippen molar-refractivity contribution in [3.8, 4) is 11.5 Å². The molecule has 5 nitrogen and oxygen atoms in total. The van der Waals surface area contributed by atoms with E-state index in [1.54, 1.807) is 17.7 Å². The molecule has 246 valence electrons. The summed E-state index contributed by atoms with van der Waals surface area (Å²) in [7, 11) is 0. The Morgan fingerprint density at radius 1 is 0.822 bits per heavy atom. The van der Waals surface area contributed by atoms with Crippen molar-refractivity contribution in [1.82, 2.24) is 0 Å². The van der Waals surface area contributed by atoms with Gasteiger partial charge >= 0.3 is 5.97 Å². The van der Waals surface area contributed by atoms with E-state index < -0.39 is 0 Å². The van der Waals surface area contributed by atoms with Crippen LogP contribution in [0.25, 0.3) is 6.08 Å². The van der Waals surface area contributed by atoms with Gasteiger partial charge in [0.15, 0.2) is 11.5 Å². The number of hydrogen-bond acceptors (Lipinski definition) is 5. The first-order valence-corrected chi connectivity index (χ1v) is 17.5. The molecule has 5 aliphatic carbocycles. The van der Waals surface area contributed by atoms with E-state index in [9.17, 15) is 19.8 Å². The second kappa shape index (κ2) is 10.5. The number of allylic oxidation sites excluding steroid dienone is 2. The maximum Gasteiger partial charge on any atom is 0.331 e. The maximum atomic E-state index is 13.4. The van der Waals surface area contributed by atoms with Crippen LogP contribution in [0.5, 0.6) is 11.5 Å². The van der Waals surface area contributed by atoms with E-state index in [-0.39, 0.29) is 56.1 Å². The summed E-state index contributed by atoms with van der Waals surface area (Å²) in [5.74, 6) is 1.08. The Kier molecular flexibility index (Phi) is 7.54. The second-order valence-corrected chi connectivity index (χ2v) is 17.8. The number of hydrogen-bond donors (Lipinski definition) is 2. The largest absolute Gasteiger partial charge is 0.504 e. The lowest BCUT2D eigenvalue weighted by atomic mass is 9.34. The van der Waals surface area contributed by atoms with Gasteiger partial charge in [-0.15, -0.1) is 0 Å². The van der Waals surface area contributed by atoms with Crippen LogP contribution in [0.3, 0.4) is 0 Å². The van der Waals surface area contributed by atoms with E-state index in [1.165, 1.54) is 24.6 Å². The van der Waals surface area contributed by atoms with Gasteiger partial charge in [-0.3, -0.25) is 4.79 Å². The molecule has 0 amide bonds. The quantitative estimate of drug-likeness (QED) is 0.152. The van der Waals surface area contributed by atoms with Crippen molar-refractivity contribution in [3.05, 3.63) is 41.5 Å². The normalized spacial score (nSPS) is 41.6. The van der Waals surface area contributed by atoms with Gasteiger partial charge in [0.2, 0.25) is 0 Å². The Labute approximate surface area is 270 Å². The van der Waals surface area contributed by atoms with E-state index in [4.69, 9.17) is 4.74 Å². The molecule has 0 heterocycles. The monoisotopic (exact) mass is 616 g/mol. The van der Waals surface area contributed by atoms with Crippen LogP contribution in [0.2, 0.25) is 0 Å². The molecule has 0 aliphatic heterocycles. The van der Waals surface area contributed by atoms with E-state index in [0.29, 0.717) is 29.1 Å². The molecule has 0 aromatic heterocycles. The highest BCUT2D eigenvalue weighted by molar-refractivity contribution is 5.87. The Balaban J connectivity index is 1.24. The lowest BCUT2D eigenvalue weighted by Crippen LogP contribution is -2.64. The Hall–Kier alpha value is -2.56. The van der Waals surface area contributed by atoms with Gasteiger partial charge in [-0.05, 0) is 134 Å². The van der Waals surface area contributed by atoms with Crippen molar-refractivity contribution < 1.29 is 24.5 Å². The van der Waals surface area contributed by atoms with Crippen molar-refractivity contribution in [2.75, 3.05) is 0 Å². The van der Waals surface area contributed by atoms with E-state index in [2.05, 4.69) is 54.5 Å². The molecule has 5 aliphatic rings. The number of phenolic OH excluding ortho intramolecular Hbond substituents is 2. The van der Waals surface area contributed by atoms with E-state index in [0.717, 1.165) is 57.8 Å². The molecule has 0 saturated heterocycles. The average molecular weight is 617 g/mol. The van der Waals surface area contributed by atoms with Gasteiger partial charge in [0.1, 0.15) is 11.9 Å². The van der Waals surface area contributed by atoms with Crippen molar-refractivity contribution in [2.24, 2.45) is 50.2 Å². The van der Waals surface area contributed by atoms with Crippen LogP contribution < -0.4 is 0 Å². The zero-order valence-electron chi connectivity index (χ0n) is 29.0. The number of ketones is 1. The minimum Gasteiger partial charge on any atom is -0.504 e. The van der Waals surface area contributed by atoms with Crippen molar-refractivity contribution in [2.45, 2.75) is 126 Å². The van der Waals surface area contributed by atoms with Crippen LogP contribution in [-0.4, -0.2) is 28.1 Å². The van der Waals surface area contributed by atoms with Gasteiger partial charge in [0, 0.05) is 16.9 Å². The Morgan fingerprint density at radius 2 is 1.49 bits per heavy atom. The molecule has 5 heteroatoms. The lowest BCUT2D eigenvalue weighted by molar-refractivity contribution is -0.197. The maximum absolute atomic E-state index is 13.4. The molecule has 2 N–H and O–H groups in total. The van der Waals surface area contributed by atoms with Crippen molar-refractivity contribution in [1.29, 1.82) is 0 Å². The highest BCUT2D eigenvalue weighted by Crippen LogP contribution is 2.75. The number of Topliss-reactive ketones (excluding diaryl/α,β-unsaturated/α-hetero) is 1. The molecule has 1 aromatic carbocycles. The van der Waals surface area contributed by atoms with Crippen LogP contribution in [-0.2, 0) is 14.3 Å². The van der Waals surface area contributed by atoms with Gasteiger partial charge in [0.05, 0.1) is 0 Å². The topological polar surface area (TPSA) is 83.8 Å². The van der Waals surface area contributed by atoms with Crippen LogP contribution in [0.4, 0.5) is 0 Å². The predicted octanol–water partition coefficient (Wildman–Crippen LogP) is 9.41. The molecule has 4 fully saturated rings. The molecule has 45 heavy (non-hydrogen) atoms. The first kappa shape index (κ1) is 32.4. The summed E-state index contributed by atoms with van der Waals surface area (Å²) < 4.78 is 6.17. The molecule has 0 unspecified atom stereocenters. The molecule has 0 radical (unpaired) electrons. The number of aromatic hydroxyl groups is 2.